The first kappa shape index (κ1) is 16.1. The zero-order chi connectivity index (χ0) is 17.7. The Morgan fingerprint density at radius 1 is 0.808 bits per heavy atom. The first-order valence-electron chi connectivity index (χ1n) is 9.42. The summed E-state index contributed by atoms with van der Waals surface area (Å²) in [6, 6.07) is 20.3. The summed E-state index contributed by atoms with van der Waals surface area (Å²) in [4.78, 5) is 0. The highest BCUT2D eigenvalue weighted by Gasteiger charge is 2.17. The van der Waals surface area contributed by atoms with Gasteiger partial charge in [-0.3, -0.25) is 0 Å². The molecule has 0 saturated heterocycles. The molecular formula is C25H21Br. The molecule has 0 amide bonds. The molecule has 0 radical (unpaired) electrons. The monoisotopic (exact) mass is 400 g/mol. The van der Waals surface area contributed by atoms with Crippen LogP contribution < -0.4 is 10.4 Å². The molecule has 26 heavy (non-hydrogen) atoms. The maximum absolute atomic E-state index is 3.72. The topological polar surface area (TPSA) is 0 Å². The van der Waals surface area contributed by atoms with Crippen molar-refractivity contribution < 1.29 is 0 Å². The van der Waals surface area contributed by atoms with Gasteiger partial charge < -0.3 is 0 Å². The summed E-state index contributed by atoms with van der Waals surface area (Å²) in [5, 5.41) is 5.62. The van der Waals surface area contributed by atoms with Crippen LogP contribution in [0.3, 0.4) is 0 Å². The Kier molecular flexibility index (Phi) is 3.86. The van der Waals surface area contributed by atoms with Crippen LogP contribution in [0.25, 0.3) is 11.6 Å². The number of aryl methyl sites for hydroxylation is 1. The second-order valence-electron chi connectivity index (χ2n) is 7.43. The van der Waals surface area contributed by atoms with E-state index in [9.17, 15) is 0 Å². The lowest BCUT2D eigenvalue weighted by Gasteiger charge is -2.21. The third-order valence-electron chi connectivity index (χ3n) is 5.83. The van der Waals surface area contributed by atoms with Crippen molar-refractivity contribution in [2.45, 2.75) is 32.6 Å². The fourth-order valence-electron chi connectivity index (χ4n) is 4.64. The van der Waals surface area contributed by atoms with Gasteiger partial charge in [0.2, 0.25) is 0 Å². The molecule has 3 aromatic carbocycles. The van der Waals surface area contributed by atoms with Gasteiger partial charge in [-0.15, -0.1) is 0 Å². The zero-order valence-corrected chi connectivity index (χ0v) is 16.6. The Bertz CT molecular complexity index is 1250. The SMILES string of the molecule is Cc1cccc(C2=c3ccc4c(c3CCC2)CC=c2c(Br)cccc2=4)c1. The van der Waals surface area contributed by atoms with Gasteiger partial charge in [-0.1, -0.05) is 76.1 Å². The van der Waals surface area contributed by atoms with E-state index >= 15 is 0 Å². The van der Waals surface area contributed by atoms with Crippen LogP contribution in [-0.4, -0.2) is 0 Å². The van der Waals surface area contributed by atoms with E-state index in [2.05, 4.69) is 83.5 Å². The third-order valence-corrected chi connectivity index (χ3v) is 6.52. The number of benzene rings is 3. The minimum Gasteiger partial charge on any atom is -0.0711 e. The molecule has 0 heterocycles. The molecule has 0 nitrogen and oxygen atoms in total. The number of fused-ring (bicyclic) bond motifs is 4. The number of hydrogen-bond donors (Lipinski definition) is 0. The van der Waals surface area contributed by atoms with Gasteiger partial charge in [-0.25, -0.2) is 0 Å². The number of rotatable bonds is 1. The quantitative estimate of drug-likeness (QED) is 0.543. The molecule has 0 spiro atoms. The normalized spacial score (nSPS) is 14.9. The molecule has 0 fully saturated rings. The molecule has 2 aliphatic carbocycles. The second kappa shape index (κ2) is 6.25. The van der Waals surface area contributed by atoms with Crippen LogP contribution in [0.4, 0.5) is 0 Å². The van der Waals surface area contributed by atoms with Gasteiger partial charge in [-0.05, 0) is 81.8 Å². The Morgan fingerprint density at radius 2 is 1.65 bits per heavy atom. The van der Waals surface area contributed by atoms with Crippen LogP contribution in [0.15, 0.2) is 59.1 Å². The molecule has 2 aliphatic rings. The molecule has 0 atom stereocenters. The molecule has 0 aromatic heterocycles. The van der Waals surface area contributed by atoms with Crippen molar-refractivity contribution >= 4 is 27.6 Å². The van der Waals surface area contributed by atoms with E-state index in [1.165, 1.54) is 66.9 Å². The van der Waals surface area contributed by atoms with Crippen LogP contribution in [0.2, 0.25) is 0 Å². The molecule has 0 aliphatic heterocycles. The summed E-state index contributed by atoms with van der Waals surface area (Å²) in [5.41, 5.74) is 7.38. The van der Waals surface area contributed by atoms with Crippen molar-refractivity contribution in [3.8, 4) is 0 Å². The summed E-state index contributed by atoms with van der Waals surface area (Å²) in [5.74, 6) is 0. The molecule has 1 heteroatoms. The number of halogens is 1. The van der Waals surface area contributed by atoms with E-state index in [-0.39, 0.29) is 0 Å². The molecule has 128 valence electrons. The fraction of sp³-hybridized carbons (Fsp3) is 0.200. The molecule has 0 unspecified atom stereocenters. The summed E-state index contributed by atoms with van der Waals surface area (Å²) < 4.78 is 1.20. The maximum atomic E-state index is 3.72. The van der Waals surface area contributed by atoms with E-state index in [4.69, 9.17) is 0 Å². The lowest BCUT2D eigenvalue weighted by atomic mass is 9.83. The highest BCUT2D eigenvalue weighted by molar-refractivity contribution is 9.10. The van der Waals surface area contributed by atoms with Crippen molar-refractivity contribution in [1.29, 1.82) is 0 Å². The molecule has 3 aromatic rings. The van der Waals surface area contributed by atoms with Gasteiger partial charge in [0.15, 0.2) is 0 Å². The van der Waals surface area contributed by atoms with Crippen molar-refractivity contribution in [2.24, 2.45) is 0 Å². The van der Waals surface area contributed by atoms with E-state index in [1.807, 2.05) is 0 Å². The van der Waals surface area contributed by atoms with E-state index < -0.39 is 0 Å². The lowest BCUT2D eigenvalue weighted by Crippen LogP contribution is -2.23. The molecule has 0 saturated carbocycles. The van der Waals surface area contributed by atoms with Gasteiger partial charge in [0.1, 0.15) is 0 Å². The zero-order valence-electron chi connectivity index (χ0n) is 15.0. The molecule has 0 bridgehead atoms. The van der Waals surface area contributed by atoms with Crippen molar-refractivity contribution in [2.75, 3.05) is 0 Å². The van der Waals surface area contributed by atoms with E-state index in [0.29, 0.717) is 0 Å². The Labute approximate surface area is 162 Å². The molecule has 0 N–H and O–H groups in total. The predicted octanol–water partition coefficient (Wildman–Crippen LogP) is 4.92. The van der Waals surface area contributed by atoms with Gasteiger partial charge in [-0.2, -0.15) is 0 Å². The van der Waals surface area contributed by atoms with E-state index in [0.717, 1.165) is 6.42 Å². The summed E-state index contributed by atoms with van der Waals surface area (Å²) >= 11 is 3.72. The average Bonchev–Trinajstić information content (AvgIpc) is 2.67. The summed E-state index contributed by atoms with van der Waals surface area (Å²) in [6.45, 7) is 2.18. The minimum absolute atomic E-state index is 1.04. The fourth-order valence-corrected chi connectivity index (χ4v) is 5.17. The Balaban J connectivity index is 1.89. The summed E-state index contributed by atoms with van der Waals surface area (Å²) in [6.07, 6.45) is 7.06. The van der Waals surface area contributed by atoms with Crippen LogP contribution in [0, 0.1) is 17.4 Å². The van der Waals surface area contributed by atoms with Gasteiger partial charge in [0.25, 0.3) is 0 Å². The predicted molar refractivity (Wildman–Crippen MR) is 112 cm³/mol. The second-order valence-corrected chi connectivity index (χ2v) is 8.28. The minimum atomic E-state index is 1.04. The van der Waals surface area contributed by atoms with Crippen molar-refractivity contribution in [1.82, 2.24) is 0 Å². The first-order valence-corrected chi connectivity index (χ1v) is 10.2. The lowest BCUT2D eigenvalue weighted by molar-refractivity contribution is 0.809. The standard InChI is InChI=1S/C25H21Br/c1-16-5-2-6-17(15-16)18-7-3-8-19-21(18)11-12-23-20-9-4-10-25(26)24(20)14-13-22(19)23/h2,4-6,9-12,14-15H,3,7-8,13H2,1H3. The maximum Gasteiger partial charge on any atom is 0.0250 e. The van der Waals surface area contributed by atoms with Gasteiger partial charge in [0.05, 0.1) is 0 Å². The molecular weight excluding hydrogens is 380 g/mol. The van der Waals surface area contributed by atoms with Gasteiger partial charge >= 0.3 is 0 Å². The van der Waals surface area contributed by atoms with E-state index in [1.54, 1.807) is 5.56 Å². The smallest absolute Gasteiger partial charge is 0.0250 e. The highest BCUT2D eigenvalue weighted by Crippen LogP contribution is 2.26. The first-order chi connectivity index (χ1) is 12.7. The van der Waals surface area contributed by atoms with Gasteiger partial charge in [0, 0.05) is 4.47 Å². The largest absolute Gasteiger partial charge is 0.0711 e. The van der Waals surface area contributed by atoms with Crippen LogP contribution >= 0.6 is 15.9 Å². The van der Waals surface area contributed by atoms with Crippen molar-refractivity contribution in [3.05, 3.63) is 102 Å². The highest BCUT2D eigenvalue weighted by atomic mass is 79.9. The van der Waals surface area contributed by atoms with Crippen LogP contribution in [0.1, 0.15) is 35.1 Å². The Morgan fingerprint density at radius 3 is 2.54 bits per heavy atom. The van der Waals surface area contributed by atoms with Crippen molar-refractivity contribution in [3.63, 3.8) is 0 Å². The summed E-state index contributed by atoms with van der Waals surface area (Å²) in [7, 11) is 0. The molecule has 5 rings (SSSR count). The van der Waals surface area contributed by atoms with Crippen LogP contribution in [0.5, 0.6) is 0 Å². The Hall–Kier alpha value is -2.12. The third kappa shape index (κ3) is 2.49. The number of hydrogen-bond acceptors (Lipinski definition) is 0. The average molecular weight is 401 g/mol. The van der Waals surface area contributed by atoms with Crippen LogP contribution in [-0.2, 0) is 12.8 Å².